The lowest BCUT2D eigenvalue weighted by atomic mass is 9.90. The summed E-state index contributed by atoms with van der Waals surface area (Å²) in [4.78, 5) is 43.8. The van der Waals surface area contributed by atoms with Gasteiger partial charge < -0.3 is 20.9 Å². The van der Waals surface area contributed by atoms with Gasteiger partial charge in [0.15, 0.2) is 10.9 Å². The molecule has 0 spiro atoms. The first-order valence-electron chi connectivity index (χ1n) is 11.6. The minimum atomic E-state index is -0.475. The number of likely N-dealkylation sites (N-methyl/N-ethyl adjacent to an activating group) is 1. The summed E-state index contributed by atoms with van der Waals surface area (Å²) in [7, 11) is 3.87. The normalized spacial score (nSPS) is 11.7. The van der Waals surface area contributed by atoms with Crippen molar-refractivity contribution in [2.75, 3.05) is 37.8 Å². The van der Waals surface area contributed by atoms with Crippen LogP contribution in [0.15, 0.2) is 23.6 Å². The summed E-state index contributed by atoms with van der Waals surface area (Å²) in [5.41, 5.74) is 2.61. The number of carbonyl (C=O) groups is 3. The second-order valence-corrected chi connectivity index (χ2v) is 9.30. The quantitative estimate of drug-likeness (QED) is 0.329. The largest absolute Gasteiger partial charge is 0.337 e. The van der Waals surface area contributed by atoms with E-state index in [0.717, 1.165) is 31.4 Å². The van der Waals surface area contributed by atoms with Gasteiger partial charge in [-0.25, -0.2) is 14.6 Å². The molecule has 0 aliphatic heterocycles. The minimum Gasteiger partial charge on any atom is -0.337 e. The average molecular weight is 489 g/mol. The number of nitrogens with one attached hydrogen (secondary N) is 4. The Balaban J connectivity index is 1.95. The fourth-order valence-electron chi connectivity index (χ4n) is 3.38. The van der Waals surface area contributed by atoms with Crippen molar-refractivity contribution in [3.63, 3.8) is 0 Å². The number of hydrogen-bond donors (Lipinski definition) is 4. The van der Waals surface area contributed by atoms with Crippen LogP contribution in [0.1, 0.15) is 54.7 Å². The first-order chi connectivity index (χ1) is 16.2. The topological polar surface area (TPSA) is 115 Å². The van der Waals surface area contributed by atoms with Gasteiger partial charge in [0.25, 0.3) is 0 Å². The number of aryl methyl sites for hydroxylation is 1. The Morgan fingerprint density at radius 3 is 2.53 bits per heavy atom. The zero-order chi connectivity index (χ0) is 25.1. The Labute approximate surface area is 205 Å². The molecule has 0 aliphatic rings. The average Bonchev–Trinajstić information content (AvgIpc) is 3.23. The molecule has 10 heteroatoms. The third-order valence-electron chi connectivity index (χ3n) is 5.24. The van der Waals surface area contributed by atoms with E-state index in [1.807, 2.05) is 45.0 Å². The van der Waals surface area contributed by atoms with Crippen molar-refractivity contribution in [3.05, 3.63) is 40.4 Å². The molecular formula is C24H36N6O3S. The molecule has 186 valence electrons. The van der Waals surface area contributed by atoms with Gasteiger partial charge in [0, 0.05) is 30.0 Å². The number of aromatic nitrogens is 1. The first kappa shape index (κ1) is 27.3. The molecule has 0 radical (unpaired) electrons. The number of carbonyl (C=O) groups excluding carboxylic acids is 3. The van der Waals surface area contributed by atoms with Crippen molar-refractivity contribution in [2.45, 2.75) is 46.6 Å². The van der Waals surface area contributed by atoms with Crippen LogP contribution in [0.5, 0.6) is 0 Å². The number of Topliss-reactive ketones (excluding diaryl/α,β-unsaturated/α-hetero) is 1. The molecular weight excluding hydrogens is 452 g/mol. The highest BCUT2D eigenvalue weighted by molar-refractivity contribution is 7.13. The Morgan fingerprint density at radius 1 is 1.09 bits per heavy atom. The number of thiazole rings is 1. The van der Waals surface area contributed by atoms with E-state index in [2.05, 4.69) is 33.2 Å². The lowest BCUT2D eigenvalue weighted by molar-refractivity contribution is 0.0910. The molecule has 0 bridgehead atoms. The van der Waals surface area contributed by atoms with Gasteiger partial charge in [-0.1, -0.05) is 31.9 Å². The van der Waals surface area contributed by atoms with E-state index in [1.165, 1.54) is 11.3 Å². The summed E-state index contributed by atoms with van der Waals surface area (Å²) >= 11 is 1.26. The van der Waals surface area contributed by atoms with E-state index < -0.39 is 6.03 Å². The number of anilines is 2. The molecule has 1 aromatic carbocycles. The van der Waals surface area contributed by atoms with Crippen LogP contribution in [0.25, 0.3) is 0 Å². The van der Waals surface area contributed by atoms with E-state index in [1.54, 1.807) is 11.4 Å². The van der Waals surface area contributed by atoms with Crippen molar-refractivity contribution in [3.8, 4) is 0 Å². The molecule has 0 fully saturated rings. The van der Waals surface area contributed by atoms with Crippen LogP contribution in [0.2, 0.25) is 0 Å². The molecule has 1 heterocycles. The molecule has 1 unspecified atom stereocenters. The number of ketones is 1. The lowest BCUT2D eigenvalue weighted by Crippen LogP contribution is -2.38. The zero-order valence-corrected chi connectivity index (χ0v) is 21.5. The Hall–Kier alpha value is -2.98. The Morgan fingerprint density at radius 2 is 1.85 bits per heavy atom. The molecule has 4 N–H and O–H groups in total. The molecule has 2 rings (SSSR count). The van der Waals surface area contributed by atoms with Gasteiger partial charge in [-0.2, -0.15) is 0 Å². The van der Waals surface area contributed by atoms with Crippen LogP contribution in [-0.4, -0.2) is 54.9 Å². The molecule has 0 saturated carbocycles. The first-order valence-corrected chi connectivity index (χ1v) is 12.4. The van der Waals surface area contributed by atoms with Crippen LogP contribution in [0, 0.1) is 12.8 Å². The van der Waals surface area contributed by atoms with Gasteiger partial charge >= 0.3 is 12.1 Å². The second kappa shape index (κ2) is 13.7. The summed E-state index contributed by atoms with van der Waals surface area (Å²) in [5, 5.41) is 13.2. The van der Waals surface area contributed by atoms with E-state index in [9.17, 15) is 14.4 Å². The predicted molar refractivity (Wildman–Crippen MR) is 138 cm³/mol. The van der Waals surface area contributed by atoms with E-state index >= 15 is 0 Å². The molecule has 0 saturated heterocycles. The summed E-state index contributed by atoms with van der Waals surface area (Å²) in [6.45, 7) is 7.54. The smallest absolute Gasteiger partial charge is 0.325 e. The highest BCUT2D eigenvalue weighted by atomic mass is 32.1. The summed E-state index contributed by atoms with van der Waals surface area (Å²) in [6.07, 6.45) is 2.51. The predicted octanol–water partition coefficient (Wildman–Crippen LogP) is 4.47. The van der Waals surface area contributed by atoms with Crippen molar-refractivity contribution in [1.29, 1.82) is 0 Å². The van der Waals surface area contributed by atoms with Crippen molar-refractivity contribution in [1.82, 2.24) is 20.5 Å². The van der Waals surface area contributed by atoms with Gasteiger partial charge in [0.2, 0.25) is 0 Å². The van der Waals surface area contributed by atoms with Gasteiger partial charge in [0.05, 0.1) is 17.9 Å². The molecule has 34 heavy (non-hydrogen) atoms. The van der Waals surface area contributed by atoms with Gasteiger partial charge in [0.1, 0.15) is 0 Å². The van der Waals surface area contributed by atoms with Crippen LogP contribution < -0.4 is 21.3 Å². The lowest BCUT2D eigenvalue weighted by Gasteiger charge is -2.17. The van der Waals surface area contributed by atoms with Gasteiger partial charge in [-0.05, 0) is 46.0 Å². The van der Waals surface area contributed by atoms with E-state index in [0.29, 0.717) is 28.6 Å². The number of rotatable bonds is 12. The molecule has 1 aromatic heterocycles. The second-order valence-electron chi connectivity index (χ2n) is 8.44. The molecule has 2 aromatic rings. The van der Waals surface area contributed by atoms with Crippen LogP contribution in [-0.2, 0) is 6.54 Å². The Kier molecular flexibility index (Phi) is 11.0. The fraction of sp³-hybridized carbons (Fsp3) is 0.500. The van der Waals surface area contributed by atoms with E-state index in [-0.39, 0.29) is 24.3 Å². The standard InChI is InChI=1S/C24H36N6O3S/c1-6-8-17(7-2)21(31)19-13-16(3)9-10-20(19)28-23(33)29-24-27-18(15-34-24)14-26-22(32)25-11-12-30(4)5/h9-10,13,15,17H,6-8,11-12,14H2,1-5H3,(H2,25,26,32)(H2,27,28,29,33). The number of amides is 4. The SMILES string of the molecule is CCCC(CC)C(=O)c1cc(C)ccc1NC(=O)Nc1nc(CNC(=O)NCCN(C)C)cs1. The summed E-state index contributed by atoms with van der Waals surface area (Å²) in [5.74, 6) is -0.0145. The molecule has 1 atom stereocenters. The molecule has 4 amide bonds. The van der Waals surface area contributed by atoms with Crippen LogP contribution in [0.3, 0.4) is 0 Å². The maximum atomic E-state index is 13.1. The van der Waals surface area contributed by atoms with Crippen molar-refractivity contribution < 1.29 is 14.4 Å². The summed E-state index contributed by atoms with van der Waals surface area (Å²) < 4.78 is 0. The third-order valence-corrected chi connectivity index (χ3v) is 6.04. The number of benzene rings is 1. The minimum absolute atomic E-state index is 0.0508. The highest BCUT2D eigenvalue weighted by Gasteiger charge is 2.21. The number of nitrogens with zero attached hydrogens (tertiary/aromatic N) is 2. The summed E-state index contributed by atoms with van der Waals surface area (Å²) in [6, 6.07) is 4.70. The number of hydrogen-bond acceptors (Lipinski definition) is 6. The molecule has 0 aliphatic carbocycles. The maximum absolute atomic E-state index is 13.1. The van der Waals surface area contributed by atoms with Gasteiger partial charge in [-0.3, -0.25) is 10.1 Å². The van der Waals surface area contributed by atoms with Crippen LogP contribution in [0.4, 0.5) is 20.4 Å². The third kappa shape index (κ3) is 8.75. The van der Waals surface area contributed by atoms with Crippen molar-refractivity contribution in [2.24, 2.45) is 5.92 Å². The maximum Gasteiger partial charge on any atom is 0.325 e. The van der Waals surface area contributed by atoms with E-state index in [4.69, 9.17) is 0 Å². The van der Waals surface area contributed by atoms with Gasteiger partial charge in [-0.15, -0.1) is 11.3 Å². The number of urea groups is 2. The monoisotopic (exact) mass is 488 g/mol. The Bertz CT molecular complexity index is 975. The fourth-order valence-corrected chi connectivity index (χ4v) is 4.09. The van der Waals surface area contributed by atoms with Crippen molar-refractivity contribution >= 4 is 40.0 Å². The highest BCUT2D eigenvalue weighted by Crippen LogP contribution is 2.25. The molecule has 9 nitrogen and oxygen atoms in total. The zero-order valence-electron chi connectivity index (χ0n) is 20.7. The van der Waals surface area contributed by atoms with Crippen LogP contribution >= 0.6 is 11.3 Å².